The van der Waals surface area contributed by atoms with Crippen LogP contribution in [0.4, 0.5) is 5.69 Å². The Morgan fingerprint density at radius 1 is 1.10 bits per heavy atom. The van der Waals surface area contributed by atoms with Gasteiger partial charge in [0.05, 0.1) is 7.11 Å². The quantitative estimate of drug-likeness (QED) is 0.738. The Balaban J connectivity index is 1.75. The molecule has 0 spiro atoms. The molecule has 0 aliphatic rings. The molecule has 0 radical (unpaired) electrons. The Labute approximate surface area is 117 Å². The van der Waals surface area contributed by atoms with Crippen LogP contribution in [0.25, 0.3) is 11.1 Å². The second kappa shape index (κ2) is 5.25. The lowest BCUT2D eigenvalue weighted by Crippen LogP contribution is -1.92. The van der Waals surface area contributed by atoms with Crippen molar-refractivity contribution in [1.29, 1.82) is 0 Å². The summed E-state index contributed by atoms with van der Waals surface area (Å²) in [7, 11) is 1.64. The van der Waals surface area contributed by atoms with Gasteiger partial charge < -0.3 is 14.9 Å². The van der Waals surface area contributed by atoms with E-state index in [0.29, 0.717) is 0 Å². The molecule has 4 nitrogen and oxygen atoms in total. The van der Waals surface area contributed by atoms with Crippen molar-refractivity contribution < 1.29 is 9.15 Å². The summed E-state index contributed by atoms with van der Waals surface area (Å²) in [5, 5.41) is 0. The summed E-state index contributed by atoms with van der Waals surface area (Å²) >= 11 is 0. The number of hydrogen-bond acceptors (Lipinski definition) is 4. The van der Waals surface area contributed by atoms with E-state index in [1.165, 1.54) is 5.56 Å². The zero-order chi connectivity index (χ0) is 13.9. The molecule has 2 N–H and O–H groups in total. The summed E-state index contributed by atoms with van der Waals surface area (Å²) in [5.74, 6) is 1.52. The average molecular weight is 268 g/mol. The number of aromatic nitrogens is 1. The number of ether oxygens (including phenoxy) is 1. The molecule has 20 heavy (non-hydrogen) atoms. The molecule has 0 aliphatic carbocycles. The van der Waals surface area contributed by atoms with Gasteiger partial charge in [-0.1, -0.05) is 12.1 Å². The summed E-state index contributed by atoms with van der Waals surface area (Å²) in [4.78, 5) is 4.47. The third-order valence-corrected chi connectivity index (χ3v) is 3.25. The van der Waals surface area contributed by atoms with E-state index in [4.69, 9.17) is 14.9 Å². The number of nitrogens with zero attached hydrogens (tertiary/aromatic N) is 1. The topological polar surface area (TPSA) is 61.3 Å². The predicted octanol–water partition coefficient (Wildman–Crippen LogP) is 3.20. The number of anilines is 1. The Morgan fingerprint density at radius 3 is 2.65 bits per heavy atom. The summed E-state index contributed by atoms with van der Waals surface area (Å²) < 4.78 is 10.9. The van der Waals surface area contributed by atoms with Crippen LogP contribution in [-0.2, 0) is 12.8 Å². The maximum Gasteiger partial charge on any atom is 0.195 e. The number of oxazole rings is 1. The maximum atomic E-state index is 5.74. The summed E-state index contributed by atoms with van der Waals surface area (Å²) in [6.45, 7) is 0. The summed E-state index contributed by atoms with van der Waals surface area (Å²) in [6.07, 6.45) is 1.64. The highest BCUT2D eigenvalue weighted by molar-refractivity contribution is 5.74. The number of aryl methyl sites for hydroxylation is 2. The van der Waals surface area contributed by atoms with Crippen molar-refractivity contribution in [3.63, 3.8) is 0 Å². The minimum Gasteiger partial charge on any atom is -0.497 e. The second-order valence-electron chi connectivity index (χ2n) is 4.68. The van der Waals surface area contributed by atoms with E-state index in [1.54, 1.807) is 7.11 Å². The molecule has 0 saturated heterocycles. The Hall–Kier alpha value is -2.49. The number of rotatable bonds is 4. The lowest BCUT2D eigenvalue weighted by molar-refractivity contribution is 0.414. The van der Waals surface area contributed by atoms with Gasteiger partial charge in [0.1, 0.15) is 11.3 Å². The van der Waals surface area contributed by atoms with Crippen LogP contribution in [0.2, 0.25) is 0 Å². The number of nitrogens with two attached hydrogens (primary N) is 1. The zero-order valence-electron chi connectivity index (χ0n) is 11.3. The van der Waals surface area contributed by atoms with Gasteiger partial charge in [0.25, 0.3) is 0 Å². The van der Waals surface area contributed by atoms with Gasteiger partial charge in [0.2, 0.25) is 0 Å². The van der Waals surface area contributed by atoms with Gasteiger partial charge in [0.15, 0.2) is 11.5 Å². The largest absolute Gasteiger partial charge is 0.497 e. The van der Waals surface area contributed by atoms with Gasteiger partial charge in [-0.2, -0.15) is 0 Å². The van der Waals surface area contributed by atoms with Crippen LogP contribution in [0.1, 0.15) is 11.5 Å². The molecule has 2 aromatic carbocycles. The average Bonchev–Trinajstić information content (AvgIpc) is 2.88. The molecular weight excluding hydrogens is 252 g/mol. The lowest BCUT2D eigenvalue weighted by Gasteiger charge is -1.99. The molecule has 3 rings (SSSR count). The first kappa shape index (κ1) is 12.5. The van der Waals surface area contributed by atoms with E-state index in [0.717, 1.165) is 41.3 Å². The Morgan fingerprint density at radius 2 is 1.90 bits per heavy atom. The smallest absolute Gasteiger partial charge is 0.195 e. The van der Waals surface area contributed by atoms with Crippen LogP contribution in [-0.4, -0.2) is 12.1 Å². The van der Waals surface area contributed by atoms with E-state index in [1.807, 2.05) is 42.5 Å². The highest BCUT2D eigenvalue weighted by atomic mass is 16.5. The van der Waals surface area contributed by atoms with Gasteiger partial charge in [0, 0.05) is 18.2 Å². The van der Waals surface area contributed by atoms with E-state index in [9.17, 15) is 0 Å². The highest BCUT2D eigenvalue weighted by Crippen LogP contribution is 2.22. The van der Waals surface area contributed by atoms with E-state index in [2.05, 4.69) is 4.98 Å². The number of fused-ring (bicyclic) bond motifs is 1. The van der Waals surface area contributed by atoms with Crippen LogP contribution < -0.4 is 10.5 Å². The fourth-order valence-electron chi connectivity index (χ4n) is 2.12. The van der Waals surface area contributed by atoms with Crippen LogP contribution in [0.5, 0.6) is 5.75 Å². The molecule has 0 bridgehead atoms. The highest BCUT2D eigenvalue weighted by Gasteiger charge is 2.07. The van der Waals surface area contributed by atoms with Crippen LogP contribution in [0.3, 0.4) is 0 Å². The molecule has 0 aliphatic heterocycles. The lowest BCUT2D eigenvalue weighted by atomic mass is 10.1. The number of hydrogen-bond donors (Lipinski definition) is 1. The van der Waals surface area contributed by atoms with Crippen molar-refractivity contribution in [3.8, 4) is 5.75 Å². The van der Waals surface area contributed by atoms with Gasteiger partial charge >= 0.3 is 0 Å². The summed E-state index contributed by atoms with van der Waals surface area (Å²) in [6, 6.07) is 13.5. The van der Waals surface area contributed by atoms with Crippen LogP contribution in [0.15, 0.2) is 46.9 Å². The van der Waals surface area contributed by atoms with E-state index in [-0.39, 0.29) is 0 Å². The fourth-order valence-corrected chi connectivity index (χ4v) is 2.12. The molecule has 102 valence electrons. The van der Waals surface area contributed by atoms with Crippen LogP contribution in [0, 0.1) is 0 Å². The molecule has 1 heterocycles. The first-order valence-corrected chi connectivity index (χ1v) is 6.52. The minimum atomic E-state index is 0.741. The van der Waals surface area contributed by atoms with Gasteiger partial charge in [-0.3, -0.25) is 0 Å². The third kappa shape index (κ3) is 2.59. The van der Waals surface area contributed by atoms with Crippen molar-refractivity contribution in [1.82, 2.24) is 4.98 Å². The van der Waals surface area contributed by atoms with Crippen molar-refractivity contribution in [2.24, 2.45) is 0 Å². The van der Waals surface area contributed by atoms with Crippen LogP contribution >= 0.6 is 0 Å². The van der Waals surface area contributed by atoms with Crippen molar-refractivity contribution in [2.75, 3.05) is 12.8 Å². The molecular formula is C16H16N2O2. The standard InChI is InChI=1S/C16H16N2O2/c1-19-13-7-8-14-15(10-13)20-16(18-14)9-4-11-2-5-12(17)6-3-11/h2-3,5-8,10H,4,9,17H2,1H3. The normalized spacial score (nSPS) is 10.8. The van der Waals surface area contributed by atoms with Gasteiger partial charge in [-0.25, -0.2) is 4.98 Å². The van der Waals surface area contributed by atoms with E-state index >= 15 is 0 Å². The SMILES string of the molecule is COc1ccc2nc(CCc3ccc(N)cc3)oc2c1. The molecule has 0 amide bonds. The van der Waals surface area contributed by atoms with Crippen molar-refractivity contribution in [2.45, 2.75) is 12.8 Å². The van der Waals surface area contributed by atoms with Crippen molar-refractivity contribution in [3.05, 3.63) is 53.9 Å². The molecule has 0 atom stereocenters. The summed E-state index contributed by atoms with van der Waals surface area (Å²) in [5.41, 5.74) is 9.29. The fraction of sp³-hybridized carbons (Fsp3) is 0.188. The molecule has 3 aromatic rings. The first-order valence-electron chi connectivity index (χ1n) is 6.52. The molecule has 0 saturated carbocycles. The number of methoxy groups -OCH3 is 1. The van der Waals surface area contributed by atoms with Crippen molar-refractivity contribution >= 4 is 16.8 Å². The molecule has 0 unspecified atom stereocenters. The number of nitrogen functional groups attached to an aromatic ring is 1. The monoisotopic (exact) mass is 268 g/mol. The first-order chi connectivity index (χ1) is 9.74. The van der Waals surface area contributed by atoms with Gasteiger partial charge in [-0.15, -0.1) is 0 Å². The molecule has 1 aromatic heterocycles. The third-order valence-electron chi connectivity index (χ3n) is 3.25. The van der Waals surface area contributed by atoms with E-state index < -0.39 is 0 Å². The molecule has 0 fully saturated rings. The Kier molecular flexibility index (Phi) is 3.29. The Bertz CT molecular complexity index is 717. The predicted molar refractivity (Wildman–Crippen MR) is 78.8 cm³/mol. The zero-order valence-corrected chi connectivity index (χ0v) is 11.3. The second-order valence-corrected chi connectivity index (χ2v) is 4.68. The number of benzene rings is 2. The van der Waals surface area contributed by atoms with Gasteiger partial charge in [-0.05, 0) is 36.2 Å². The molecule has 4 heteroatoms. The minimum absolute atomic E-state index is 0.741. The maximum absolute atomic E-state index is 5.74.